The van der Waals surface area contributed by atoms with Crippen LogP contribution in [0.5, 0.6) is 0 Å². The second-order valence-electron chi connectivity index (χ2n) is 6.94. The highest BCUT2D eigenvalue weighted by atomic mass is 35.5. The summed E-state index contributed by atoms with van der Waals surface area (Å²) in [7, 11) is 0. The van der Waals surface area contributed by atoms with Gasteiger partial charge in [-0.25, -0.2) is 4.98 Å². The maximum Gasteiger partial charge on any atom is 0.227 e. The minimum atomic E-state index is -0.0161. The molecule has 2 aromatic carbocycles. The number of hydrogen-bond acceptors (Lipinski definition) is 4. The Balaban J connectivity index is 0.00000225. The van der Waals surface area contributed by atoms with Gasteiger partial charge in [0.25, 0.3) is 0 Å². The summed E-state index contributed by atoms with van der Waals surface area (Å²) in [5, 5.41) is 10.4. The summed E-state index contributed by atoms with van der Waals surface area (Å²) in [6, 6.07) is 17.5. The topological polar surface area (TPSA) is 96.7 Å². The van der Waals surface area contributed by atoms with Crippen molar-refractivity contribution in [3.63, 3.8) is 0 Å². The zero-order valence-electron chi connectivity index (χ0n) is 15.5. The number of nitrogens with zero attached hydrogens (tertiary/aromatic N) is 2. The van der Waals surface area contributed by atoms with E-state index >= 15 is 0 Å². The maximum atomic E-state index is 12.8. The van der Waals surface area contributed by atoms with Gasteiger partial charge in [0, 0.05) is 17.0 Å². The maximum absolute atomic E-state index is 12.8. The number of carbonyl (C=O) groups excluding carboxylic acids is 1. The lowest BCUT2D eigenvalue weighted by atomic mass is 9.95. The fourth-order valence-electron chi connectivity index (χ4n) is 3.79. The van der Waals surface area contributed by atoms with Crippen LogP contribution in [0.25, 0.3) is 22.8 Å². The molecule has 0 spiro atoms. The fourth-order valence-corrected chi connectivity index (χ4v) is 3.79. The van der Waals surface area contributed by atoms with Gasteiger partial charge in [-0.2, -0.15) is 5.10 Å². The smallest absolute Gasteiger partial charge is 0.227 e. The normalized spacial score (nSPS) is 18.5. The highest BCUT2D eigenvalue weighted by molar-refractivity contribution is 5.96. The SMILES string of the molecule is Cl.NC[C@H]1CCC[C@H]1C(=O)Nc1ccccc1-c1nc(-c2ccccc2)n[nH]1. The van der Waals surface area contributed by atoms with Crippen molar-refractivity contribution in [2.75, 3.05) is 11.9 Å². The van der Waals surface area contributed by atoms with Gasteiger partial charge in [0.2, 0.25) is 5.91 Å². The van der Waals surface area contributed by atoms with Gasteiger partial charge in [-0.3, -0.25) is 9.89 Å². The van der Waals surface area contributed by atoms with Gasteiger partial charge in [-0.05, 0) is 37.4 Å². The number of halogens is 1. The van der Waals surface area contributed by atoms with Gasteiger partial charge in [0.15, 0.2) is 11.6 Å². The quantitative estimate of drug-likeness (QED) is 0.608. The van der Waals surface area contributed by atoms with Crippen LogP contribution in [-0.2, 0) is 4.79 Å². The van der Waals surface area contributed by atoms with Crippen molar-refractivity contribution in [2.45, 2.75) is 19.3 Å². The molecule has 2 atom stereocenters. The third kappa shape index (κ3) is 4.08. The van der Waals surface area contributed by atoms with E-state index in [9.17, 15) is 4.79 Å². The molecule has 0 saturated heterocycles. The lowest BCUT2D eigenvalue weighted by Gasteiger charge is -2.18. The number of para-hydroxylation sites is 1. The number of aromatic nitrogens is 3. The predicted molar refractivity (Wildman–Crippen MR) is 113 cm³/mol. The number of nitrogens with one attached hydrogen (secondary N) is 2. The summed E-state index contributed by atoms with van der Waals surface area (Å²) in [5.41, 5.74) is 8.33. The van der Waals surface area contributed by atoms with E-state index in [1.54, 1.807) is 0 Å². The fraction of sp³-hybridized carbons (Fsp3) is 0.286. The van der Waals surface area contributed by atoms with Gasteiger partial charge in [0.1, 0.15) is 0 Å². The number of hydrogen-bond donors (Lipinski definition) is 3. The second-order valence-corrected chi connectivity index (χ2v) is 6.94. The van der Waals surface area contributed by atoms with Gasteiger partial charge in [0.05, 0.1) is 5.69 Å². The molecule has 0 aliphatic heterocycles. The standard InChI is InChI=1S/C21H23N5O.ClH/c22-13-15-9-6-11-16(15)21(27)23-18-12-5-4-10-17(18)20-24-19(25-26-20)14-7-2-1-3-8-14;/h1-5,7-8,10,12,15-16H,6,9,11,13,22H2,(H,23,27)(H,24,25,26);1H/t15-,16-;/m1./s1. The Bertz CT molecular complexity index is 927. The lowest BCUT2D eigenvalue weighted by Crippen LogP contribution is -2.29. The number of amides is 1. The van der Waals surface area contributed by atoms with Crippen LogP contribution < -0.4 is 11.1 Å². The molecule has 28 heavy (non-hydrogen) atoms. The zero-order valence-corrected chi connectivity index (χ0v) is 16.3. The molecule has 1 fully saturated rings. The van der Waals surface area contributed by atoms with Crippen LogP contribution in [0.3, 0.4) is 0 Å². The van der Waals surface area contributed by atoms with Crippen molar-refractivity contribution >= 4 is 24.0 Å². The van der Waals surface area contributed by atoms with Crippen molar-refractivity contribution < 1.29 is 4.79 Å². The summed E-state index contributed by atoms with van der Waals surface area (Å²) < 4.78 is 0. The van der Waals surface area contributed by atoms with Crippen LogP contribution in [0.1, 0.15) is 19.3 Å². The highest BCUT2D eigenvalue weighted by Gasteiger charge is 2.32. The number of aromatic amines is 1. The molecule has 0 unspecified atom stereocenters. The average molecular weight is 398 g/mol. The van der Waals surface area contributed by atoms with E-state index in [2.05, 4.69) is 20.5 Å². The van der Waals surface area contributed by atoms with E-state index in [-0.39, 0.29) is 30.2 Å². The van der Waals surface area contributed by atoms with E-state index in [0.717, 1.165) is 36.1 Å². The van der Waals surface area contributed by atoms with Crippen LogP contribution in [0.2, 0.25) is 0 Å². The van der Waals surface area contributed by atoms with E-state index in [1.165, 1.54) is 0 Å². The summed E-state index contributed by atoms with van der Waals surface area (Å²) in [6.07, 6.45) is 2.99. The Morgan fingerprint density at radius 2 is 1.86 bits per heavy atom. The largest absolute Gasteiger partial charge is 0.330 e. The van der Waals surface area contributed by atoms with Crippen LogP contribution in [0.15, 0.2) is 54.6 Å². The molecule has 1 aliphatic rings. The second kappa shape index (κ2) is 8.99. The molecule has 0 radical (unpaired) electrons. The molecule has 4 N–H and O–H groups in total. The molecule has 1 aliphatic carbocycles. The van der Waals surface area contributed by atoms with Crippen molar-refractivity contribution in [2.24, 2.45) is 17.6 Å². The van der Waals surface area contributed by atoms with Crippen LogP contribution in [0, 0.1) is 11.8 Å². The summed E-state index contributed by atoms with van der Waals surface area (Å²) in [5.74, 6) is 1.56. The number of benzene rings is 2. The number of anilines is 1. The van der Waals surface area contributed by atoms with Gasteiger partial charge in [-0.1, -0.05) is 48.9 Å². The van der Waals surface area contributed by atoms with E-state index in [0.29, 0.717) is 18.2 Å². The first-order valence-electron chi connectivity index (χ1n) is 9.34. The first-order valence-corrected chi connectivity index (χ1v) is 9.34. The van der Waals surface area contributed by atoms with Crippen molar-refractivity contribution in [3.8, 4) is 22.8 Å². The molecule has 1 saturated carbocycles. The van der Waals surface area contributed by atoms with Crippen molar-refractivity contribution in [3.05, 3.63) is 54.6 Å². The first-order chi connectivity index (χ1) is 13.3. The highest BCUT2D eigenvalue weighted by Crippen LogP contribution is 2.33. The Hall–Kier alpha value is -2.70. The van der Waals surface area contributed by atoms with Crippen molar-refractivity contribution in [1.82, 2.24) is 15.2 Å². The summed E-state index contributed by atoms with van der Waals surface area (Å²) >= 11 is 0. The minimum Gasteiger partial charge on any atom is -0.330 e. The lowest BCUT2D eigenvalue weighted by molar-refractivity contribution is -0.120. The van der Waals surface area contributed by atoms with Crippen LogP contribution in [0.4, 0.5) is 5.69 Å². The molecule has 6 nitrogen and oxygen atoms in total. The van der Waals surface area contributed by atoms with Gasteiger partial charge < -0.3 is 11.1 Å². The monoisotopic (exact) mass is 397 g/mol. The molecule has 146 valence electrons. The first kappa shape index (κ1) is 20.0. The summed E-state index contributed by atoms with van der Waals surface area (Å²) in [4.78, 5) is 17.4. The van der Waals surface area contributed by atoms with Gasteiger partial charge >= 0.3 is 0 Å². The predicted octanol–water partition coefficient (Wildman–Crippen LogP) is 3.87. The Kier molecular flexibility index (Phi) is 6.44. The molecule has 1 heterocycles. The molecule has 3 aromatic rings. The summed E-state index contributed by atoms with van der Waals surface area (Å²) in [6.45, 7) is 0.558. The van der Waals surface area contributed by atoms with E-state index < -0.39 is 0 Å². The van der Waals surface area contributed by atoms with Gasteiger partial charge in [-0.15, -0.1) is 12.4 Å². The number of H-pyrrole nitrogens is 1. The molecule has 1 aromatic heterocycles. The van der Waals surface area contributed by atoms with Crippen LogP contribution >= 0.6 is 12.4 Å². The van der Waals surface area contributed by atoms with Crippen LogP contribution in [-0.4, -0.2) is 27.6 Å². The zero-order chi connectivity index (χ0) is 18.6. The number of nitrogens with two attached hydrogens (primary N) is 1. The molecule has 7 heteroatoms. The Labute approximate surface area is 170 Å². The number of carbonyl (C=O) groups is 1. The molecular weight excluding hydrogens is 374 g/mol. The van der Waals surface area contributed by atoms with E-state index in [4.69, 9.17) is 5.73 Å². The Morgan fingerprint density at radius 1 is 1.11 bits per heavy atom. The molecular formula is C21H24ClN5O. The van der Waals surface area contributed by atoms with Crippen molar-refractivity contribution in [1.29, 1.82) is 0 Å². The third-order valence-electron chi connectivity index (χ3n) is 5.26. The Morgan fingerprint density at radius 3 is 2.64 bits per heavy atom. The number of rotatable bonds is 5. The average Bonchev–Trinajstić information content (AvgIpc) is 3.38. The minimum absolute atomic E-state index is 0. The van der Waals surface area contributed by atoms with E-state index in [1.807, 2.05) is 54.6 Å². The molecule has 0 bridgehead atoms. The third-order valence-corrected chi connectivity index (χ3v) is 5.26. The molecule has 1 amide bonds. The molecule has 4 rings (SSSR count).